The molecule has 1 N–H and O–H groups in total. The summed E-state index contributed by atoms with van der Waals surface area (Å²) in [6.07, 6.45) is 3.96. The zero-order chi connectivity index (χ0) is 11.5. The largest absolute Gasteiger partial charge is 0.350 e. The normalized spacial score (nSPS) is 22.2. The Bertz CT molecular complexity index is 411. The maximum Gasteiger partial charge on any atom is 0.103 e. The van der Waals surface area contributed by atoms with Gasteiger partial charge in [-0.05, 0) is 44.5 Å². The van der Waals surface area contributed by atoms with Gasteiger partial charge < -0.3 is 4.98 Å². The molecule has 1 aromatic rings. The minimum Gasteiger partial charge on any atom is -0.350 e. The van der Waals surface area contributed by atoms with Gasteiger partial charge in [-0.25, -0.2) is 0 Å². The van der Waals surface area contributed by atoms with Crippen LogP contribution in [0.4, 0.5) is 0 Å². The fourth-order valence-electron chi connectivity index (χ4n) is 2.67. The molecule has 1 saturated heterocycles. The highest BCUT2D eigenvalue weighted by Gasteiger charge is 2.23. The van der Waals surface area contributed by atoms with E-state index in [4.69, 9.17) is 12.2 Å². The highest BCUT2D eigenvalue weighted by atomic mass is 32.1. The number of rotatable bonds is 2. The van der Waals surface area contributed by atoms with Crippen LogP contribution in [0.25, 0.3) is 0 Å². The Morgan fingerprint density at radius 1 is 1.44 bits per heavy atom. The van der Waals surface area contributed by atoms with E-state index in [-0.39, 0.29) is 0 Å². The van der Waals surface area contributed by atoms with E-state index in [0.29, 0.717) is 6.04 Å². The Balaban J connectivity index is 2.30. The van der Waals surface area contributed by atoms with Crippen LogP contribution >= 0.6 is 12.2 Å². The van der Waals surface area contributed by atoms with Gasteiger partial charge in [-0.2, -0.15) is 0 Å². The fraction of sp³-hybridized carbons (Fsp3) is 0.615. The summed E-state index contributed by atoms with van der Waals surface area (Å²) in [5, 5.41) is 0. The second-order valence-corrected chi connectivity index (χ2v) is 4.98. The van der Waals surface area contributed by atoms with Crippen LogP contribution in [0.5, 0.6) is 0 Å². The fourth-order valence-corrected chi connectivity index (χ4v) is 2.89. The summed E-state index contributed by atoms with van der Waals surface area (Å²) in [5.41, 5.74) is 2.66. The van der Waals surface area contributed by atoms with Gasteiger partial charge >= 0.3 is 0 Å². The number of aromatic nitrogens is 1. The lowest BCUT2D eigenvalue weighted by Crippen LogP contribution is -2.33. The van der Waals surface area contributed by atoms with Crippen molar-refractivity contribution in [3.8, 4) is 0 Å². The molecule has 0 aromatic carbocycles. The third-order valence-electron chi connectivity index (χ3n) is 3.54. The van der Waals surface area contributed by atoms with Crippen LogP contribution in [-0.4, -0.2) is 23.0 Å². The lowest BCUT2D eigenvalue weighted by Gasteiger charge is -2.35. The van der Waals surface area contributed by atoms with E-state index < -0.39 is 0 Å². The highest BCUT2D eigenvalue weighted by Crippen LogP contribution is 2.31. The maximum atomic E-state index is 5.15. The van der Waals surface area contributed by atoms with Gasteiger partial charge in [0.2, 0.25) is 0 Å². The third-order valence-corrected chi connectivity index (χ3v) is 3.77. The quantitative estimate of drug-likeness (QED) is 0.791. The second kappa shape index (κ2) is 5.11. The van der Waals surface area contributed by atoms with Crippen LogP contribution in [-0.2, 0) is 0 Å². The summed E-state index contributed by atoms with van der Waals surface area (Å²) < 4.78 is 0.833. The Morgan fingerprint density at radius 2 is 2.25 bits per heavy atom. The number of pyridine rings is 1. The first kappa shape index (κ1) is 11.8. The van der Waals surface area contributed by atoms with Crippen LogP contribution in [0.2, 0.25) is 0 Å². The van der Waals surface area contributed by atoms with Gasteiger partial charge in [-0.3, -0.25) is 4.90 Å². The smallest absolute Gasteiger partial charge is 0.103 e. The van der Waals surface area contributed by atoms with Crippen molar-refractivity contribution in [2.75, 3.05) is 13.1 Å². The molecule has 0 bridgehead atoms. The Hall–Kier alpha value is -0.670. The molecule has 1 aliphatic heterocycles. The number of piperidine rings is 1. The number of likely N-dealkylation sites (tertiary alicyclic amines) is 1. The minimum atomic E-state index is 0.589. The molecular formula is C13H20N2S. The molecule has 3 heteroatoms. The monoisotopic (exact) mass is 236 g/mol. The topological polar surface area (TPSA) is 19.0 Å². The summed E-state index contributed by atoms with van der Waals surface area (Å²) in [5.74, 6) is 0. The molecule has 0 spiro atoms. The lowest BCUT2D eigenvalue weighted by molar-refractivity contribution is 0.156. The van der Waals surface area contributed by atoms with E-state index in [2.05, 4.69) is 29.8 Å². The Kier molecular flexibility index (Phi) is 3.77. The summed E-state index contributed by atoms with van der Waals surface area (Å²) in [4.78, 5) is 5.84. The molecule has 88 valence electrons. The molecule has 1 aromatic heterocycles. The number of aromatic amines is 1. The number of hydrogen-bond donors (Lipinski definition) is 1. The molecule has 16 heavy (non-hydrogen) atoms. The number of nitrogens with one attached hydrogen (secondary N) is 1. The Morgan fingerprint density at radius 3 is 2.94 bits per heavy atom. The van der Waals surface area contributed by atoms with Crippen LogP contribution in [0.3, 0.4) is 0 Å². The van der Waals surface area contributed by atoms with Crippen molar-refractivity contribution >= 4 is 12.2 Å². The predicted molar refractivity (Wildman–Crippen MR) is 70.2 cm³/mol. The van der Waals surface area contributed by atoms with Crippen molar-refractivity contribution in [2.24, 2.45) is 0 Å². The molecule has 2 nitrogen and oxygen atoms in total. The van der Waals surface area contributed by atoms with Crippen molar-refractivity contribution in [1.82, 2.24) is 9.88 Å². The zero-order valence-electron chi connectivity index (χ0n) is 10.1. The molecule has 1 atom stereocenters. The van der Waals surface area contributed by atoms with E-state index in [1.165, 1.54) is 37.1 Å². The van der Waals surface area contributed by atoms with E-state index in [1.807, 2.05) is 6.07 Å². The van der Waals surface area contributed by atoms with E-state index in [1.54, 1.807) is 0 Å². The molecule has 1 aliphatic rings. The molecule has 0 saturated carbocycles. The van der Waals surface area contributed by atoms with Crippen molar-refractivity contribution in [3.05, 3.63) is 28.0 Å². The summed E-state index contributed by atoms with van der Waals surface area (Å²) >= 11 is 5.15. The number of hydrogen-bond acceptors (Lipinski definition) is 2. The molecule has 0 amide bonds. The maximum absolute atomic E-state index is 5.15. The first-order valence-electron chi connectivity index (χ1n) is 6.16. The Labute approximate surface area is 103 Å². The average Bonchev–Trinajstić information content (AvgIpc) is 2.29. The van der Waals surface area contributed by atoms with E-state index >= 15 is 0 Å². The van der Waals surface area contributed by atoms with E-state index in [9.17, 15) is 0 Å². The molecular weight excluding hydrogens is 216 g/mol. The van der Waals surface area contributed by atoms with Crippen LogP contribution in [0.15, 0.2) is 12.1 Å². The van der Waals surface area contributed by atoms with Crippen molar-refractivity contribution in [2.45, 2.75) is 39.2 Å². The van der Waals surface area contributed by atoms with Gasteiger partial charge in [0, 0.05) is 11.7 Å². The molecule has 0 aliphatic carbocycles. The van der Waals surface area contributed by atoms with Crippen molar-refractivity contribution in [1.29, 1.82) is 0 Å². The van der Waals surface area contributed by atoms with Crippen LogP contribution in [0.1, 0.15) is 43.5 Å². The van der Waals surface area contributed by atoms with Crippen LogP contribution in [0, 0.1) is 11.6 Å². The standard InChI is InChI=1S/C13H20N2S/c1-3-15-9-5-4-6-12(15)11-7-8-13(16)14-10(11)2/h7-8,12H,3-6,9H2,1-2H3,(H,14,16)/t12-/m1/s1. The van der Waals surface area contributed by atoms with Gasteiger partial charge in [-0.1, -0.05) is 31.6 Å². The highest BCUT2D eigenvalue weighted by molar-refractivity contribution is 7.71. The van der Waals surface area contributed by atoms with E-state index in [0.717, 1.165) is 11.2 Å². The number of H-pyrrole nitrogens is 1. The minimum absolute atomic E-state index is 0.589. The van der Waals surface area contributed by atoms with Crippen molar-refractivity contribution < 1.29 is 0 Å². The first-order chi connectivity index (χ1) is 7.72. The number of aryl methyl sites for hydroxylation is 1. The van der Waals surface area contributed by atoms with Gasteiger partial charge in [0.15, 0.2) is 0 Å². The van der Waals surface area contributed by atoms with Gasteiger partial charge in [0.05, 0.1) is 0 Å². The third kappa shape index (κ3) is 2.36. The van der Waals surface area contributed by atoms with Gasteiger partial charge in [0.1, 0.15) is 4.64 Å². The summed E-state index contributed by atoms with van der Waals surface area (Å²) in [7, 11) is 0. The molecule has 2 heterocycles. The van der Waals surface area contributed by atoms with Gasteiger partial charge in [-0.15, -0.1) is 0 Å². The SMILES string of the molecule is CCN1CCCC[C@@H]1c1ccc(=S)[nH]c1C. The molecule has 0 radical (unpaired) electrons. The summed E-state index contributed by atoms with van der Waals surface area (Å²) in [6.45, 7) is 6.75. The summed E-state index contributed by atoms with van der Waals surface area (Å²) in [6, 6.07) is 4.80. The second-order valence-electron chi connectivity index (χ2n) is 4.54. The molecule has 2 rings (SSSR count). The van der Waals surface area contributed by atoms with Gasteiger partial charge in [0.25, 0.3) is 0 Å². The molecule has 0 unspecified atom stereocenters. The number of nitrogens with zero attached hydrogens (tertiary/aromatic N) is 1. The molecule has 1 fully saturated rings. The first-order valence-corrected chi connectivity index (χ1v) is 6.57. The lowest BCUT2D eigenvalue weighted by atomic mass is 9.94. The zero-order valence-corrected chi connectivity index (χ0v) is 10.9. The predicted octanol–water partition coefficient (Wildman–Crippen LogP) is 3.60. The van der Waals surface area contributed by atoms with Crippen LogP contribution < -0.4 is 0 Å². The van der Waals surface area contributed by atoms with Crippen molar-refractivity contribution in [3.63, 3.8) is 0 Å². The average molecular weight is 236 g/mol.